The van der Waals surface area contributed by atoms with Gasteiger partial charge in [0.25, 0.3) is 0 Å². The van der Waals surface area contributed by atoms with Crippen LogP contribution in [-0.4, -0.2) is 30.3 Å². The molecular formula is C11H18N2O2. The topological polar surface area (TPSA) is 54.4 Å². The molecule has 1 heterocycles. The summed E-state index contributed by atoms with van der Waals surface area (Å²) >= 11 is 0. The molecule has 0 aliphatic rings. The Balaban J connectivity index is 2.59. The van der Waals surface area contributed by atoms with Gasteiger partial charge in [-0.25, -0.2) is 0 Å². The molecule has 0 bridgehead atoms. The monoisotopic (exact) mass is 210 g/mol. The number of hydrogen-bond acceptors (Lipinski definition) is 4. The molecule has 84 valence electrons. The van der Waals surface area contributed by atoms with Crippen molar-refractivity contribution in [3.63, 3.8) is 0 Å². The first kappa shape index (κ1) is 11.9. The lowest BCUT2D eigenvalue weighted by Gasteiger charge is -2.13. The van der Waals surface area contributed by atoms with Crippen molar-refractivity contribution in [3.8, 4) is 5.75 Å². The van der Waals surface area contributed by atoms with Crippen molar-refractivity contribution in [1.29, 1.82) is 0 Å². The summed E-state index contributed by atoms with van der Waals surface area (Å²) in [5, 5.41) is 13.0. The van der Waals surface area contributed by atoms with Gasteiger partial charge in [0.15, 0.2) is 0 Å². The summed E-state index contributed by atoms with van der Waals surface area (Å²) in [7, 11) is 1.58. The first-order valence-electron chi connectivity index (χ1n) is 5.17. The van der Waals surface area contributed by atoms with Crippen LogP contribution >= 0.6 is 0 Å². The lowest BCUT2D eigenvalue weighted by atomic mass is 10.2. The zero-order chi connectivity index (χ0) is 11.1. The number of hydrogen-bond donors (Lipinski definition) is 2. The Bertz CT molecular complexity index is 292. The molecule has 1 rings (SSSR count). The minimum atomic E-state index is -0.618. The SMILES string of the molecule is CCCNCC(O)c1ncccc1OC. The molecule has 0 aliphatic heterocycles. The Morgan fingerprint density at radius 1 is 1.60 bits per heavy atom. The average Bonchev–Trinajstić information content (AvgIpc) is 2.29. The van der Waals surface area contributed by atoms with Gasteiger partial charge in [0.1, 0.15) is 17.5 Å². The summed E-state index contributed by atoms with van der Waals surface area (Å²) in [6.45, 7) is 3.48. The molecule has 0 aliphatic carbocycles. The van der Waals surface area contributed by atoms with E-state index in [1.165, 1.54) is 0 Å². The number of rotatable bonds is 6. The summed E-state index contributed by atoms with van der Waals surface area (Å²) in [5.74, 6) is 0.628. The fourth-order valence-corrected chi connectivity index (χ4v) is 1.34. The molecule has 1 atom stereocenters. The zero-order valence-electron chi connectivity index (χ0n) is 9.23. The van der Waals surface area contributed by atoms with Gasteiger partial charge in [-0.05, 0) is 25.1 Å². The molecule has 0 saturated carbocycles. The van der Waals surface area contributed by atoms with Gasteiger partial charge in [-0.15, -0.1) is 0 Å². The highest BCUT2D eigenvalue weighted by Gasteiger charge is 2.13. The predicted molar refractivity (Wildman–Crippen MR) is 58.9 cm³/mol. The lowest BCUT2D eigenvalue weighted by molar-refractivity contribution is 0.165. The number of ether oxygens (including phenoxy) is 1. The second kappa shape index (κ2) is 6.37. The van der Waals surface area contributed by atoms with Gasteiger partial charge in [-0.2, -0.15) is 0 Å². The fourth-order valence-electron chi connectivity index (χ4n) is 1.34. The third-order valence-electron chi connectivity index (χ3n) is 2.10. The second-order valence-electron chi connectivity index (χ2n) is 3.31. The van der Waals surface area contributed by atoms with Crippen molar-refractivity contribution in [2.45, 2.75) is 19.4 Å². The van der Waals surface area contributed by atoms with Crippen LogP contribution < -0.4 is 10.1 Å². The minimum Gasteiger partial charge on any atom is -0.495 e. The number of aliphatic hydroxyl groups is 1. The number of aliphatic hydroxyl groups excluding tert-OH is 1. The van der Waals surface area contributed by atoms with Gasteiger partial charge in [0.2, 0.25) is 0 Å². The van der Waals surface area contributed by atoms with Crippen LogP contribution in [0.5, 0.6) is 5.75 Å². The van der Waals surface area contributed by atoms with Crippen LogP contribution in [0.3, 0.4) is 0 Å². The van der Waals surface area contributed by atoms with Crippen LogP contribution in [0.15, 0.2) is 18.3 Å². The maximum atomic E-state index is 9.85. The molecule has 0 amide bonds. The van der Waals surface area contributed by atoms with Crippen LogP contribution in [0.4, 0.5) is 0 Å². The van der Waals surface area contributed by atoms with Gasteiger partial charge in [0.05, 0.1) is 7.11 Å². The van der Waals surface area contributed by atoms with E-state index in [0.29, 0.717) is 18.0 Å². The second-order valence-corrected chi connectivity index (χ2v) is 3.31. The van der Waals surface area contributed by atoms with E-state index in [2.05, 4.69) is 17.2 Å². The minimum absolute atomic E-state index is 0.501. The van der Waals surface area contributed by atoms with Gasteiger partial charge >= 0.3 is 0 Å². The Kier molecular flexibility index (Phi) is 5.07. The molecule has 0 radical (unpaired) electrons. The first-order valence-corrected chi connectivity index (χ1v) is 5.17. The molecule has 1 aromatic rings. The van der Waals surface area contributed by atoms with Gasteiger partial charge < -0.3 is 15.2 Å². The number of pyridine rings is 1. The maximum Gasteiger partial charge on any atom is 0.143 e. The van der Waals surface area contributed by atoms with E-state index in [1.54, 1.807) is 25.4 Å². The Morgan fingerprint density at radius 2 is 2.40 bits per heavy atom. The highest BCUT2D eigenvalue weighted by molar-refractivity contribution is 5.28. The van der Waals surface area contributed by atoms with E-state index in [9.17, 15) is 5.11 Å². The van der Waals surface area contributed by atoms with Crippen molar-refractivity contribution in [2.24, 2.45) is 0 Å². The molecule has 2 N–H and O–H groups in total. The van der Waals surface area contributed by atoms with Crippen LogP contribution in [0.2, 0.25) is 0 Å². The molecule has 0 spiro atoms. The van der Waals surface area contributed by atoms with E-state index >= 15 is 0 Å². The Morgan fingerprint density at radius 3 is 3.07 bits per heavy atom. The standard InChI is InChI=1S/C11H18N2O2/c1-3-6-12-8-9(14)11-10(15-2)5-4-7-13-11/h4-5,7,9,12,14H,3,6,8H2,1-2H3. The Hall–Kier alpha value is -1.13. The number of aromatic nitrogens is 1. The molecule has 1 aromatic heterocycles. The van der Waals surface area contributed by atoms with E-state index in [-0.39, 0.29) is 0 Å². The molecule has 4 heteroatoms. The van der Waals surface area contributed by atoms with Crippen LogP contribution in [-0.2, 0) is 0 Å². The van der Waals surface area contributed by atoms with Crippen molar-refractivity contribution < 1.29 is 9.84 Å². The molecule has 15 heavy (non-hydrogen) atoms. The van der Waals surface area contributed by atoms with Crippen molar-refractivity contribution in [2.75, 3.05) is 20.2 Å². The number of nitrogens with one attached hydrogen (secondary N) is 1. The average molecular weight is 210 g/mol. The van der Waals surface area contributed by atoms with Gasteiger partial charge in [-0.3, -0.25) is 4.98 Å². The van der Waals surface area contributed by atoms with Crippen LogP contribution in [0.1, 0.15) is 25.1 Å². The Labute approximate surface area is 90.3 Å². The molecule has 1 unspecified atom stereocenters. The third kappa shape index (κ3) is 3.49. The van der Waals surface area contributed by atoms with E-state index in [1.807, 2.05) is 0 Å². The third-order valence-corrected chi connectivity index (χ3v) is 2.10. The molecule has 4 nitrogen and oxygen atoms in total. The van der Waals surface area contributed by atoms with E-state index < -0.39 is 6.10 Å². The van der Waals surface area contributed by atoms with E-state index in [4.69, 9.17) is 4.74 Å². The molecule has 0 fully saturated rings. The van der Waals surface area contributed by atoms with Crippen LogP contribution in [0.25, 0.3) is 0 Å². The fraction of sp³-hybridized carbons (Fsp3) is 0.545. The lowest BCUT2D eigenvalue weighted by Crippen LogP contribution is -2.23. The molecule has 0 aromatic carbocycles. The number of methoxy groups -OCH3 is 1. The summed E-state index contributed by atoms with van der Waals surface area (Å²) in [5.41, 5.74) is 0.587. The molecular weight excluding hydrogens is 192 g/mol. The predicted octanol–water partition coefficient (Wildman–Crippen LogP) is 1.12. The summed E-state index contributed by atoms with van der Waals surface area (Å²) in [6.07, 6.45) is 2.08. The van der Waals surface area contributed by atoms with Crippen molar-refractivity contribution in [1.82, 2.24) is 10.3 Å². The highest BCUT2D eigenvalue weighted by atomic mass is 16.5. The quantitative estimate of drug-likeness (QED) is 0.691. The first-order chi connectivity index (χ1) is 7.29. The maximum absolute atomic E-state index is 9.85. The summed E-state index contributed by atoms with van der Waals surface area (Å²) < 4.78 is 5.12. The summed E-state index contributed by atoms with van der Waals surface area (Å²) in [4.78, 5) is 4.11. The number of nitrogens with zero attached hydrogens (tertiary/aromatic N) is 1. The van der Waals surface area contributed by atoms with Gasteiger partial charge in [-0.1, -0.05) is 6.92 Å². The normalized spacial score (nSPS) is 12.5. The highest BCUT2D eigenvalue weighted by Crippen LogP contribution is 2.21. The van der Waals surface area contributed by atoms with E-state index in [0.717, 1.165) is 13.0 Å². The molecule has 0 saturated heterocycles. The zero-order valence-corrected chi connectivity index (χ0v) is 9.23. The van der Waals surface area contributed by atoms with Gasteiger partial charge in [0, 0.05) is 12.7 Å². The van der Waals surface area contributed by atoms with Crippen LogP contribution in [0, 0.1) is 0 Å². The van der Waals surface area contributed by atoms with Crippen molar-refractivity contribution >= 4 is 0 Å². The van der Waals surface area contributed by atoms with Crippen molar-refractivity contribution in [3.05, 3.63) is 24.0 Å². The smallest absolute Gasteiger partial charge is 0.143 e. The largest absolute Gasteiger partial charge is 0.495 e. The summed E-state index contributed by atoms with van der Waals surface area (Å²) in [6, 6.07) is 3.58.